The Balaban J connectivity index is 1.81. The van der Waals surface area contributed by atoms with E-state index in [1.54, 1.807) is 14.2 Å². The molecule has 2 aromatic carbocycles. The highest BCUT2D eigenvalue weighted by molar-refractivity contribution is 5.77. The minimum absolute atomic E-state index is 0.380. The van der Waals surface area contributed by atoms with Crippen molar-refractivity contribution in [3.8, 4) is 17.2 Å². The number of nitrogens with two attached hydrogens (primary N) is 1. The van der Waals surface area contributed by atoms with Gasteiger partial charge in [-0.15, -0.1) is 0 Å². The Morgan fingerprint density at radius 2 is 1.78 bits per heavy atom. The molecule has 146 valence electrons. The average Bonchev–Trinajstić information content (AvgIpc) is 2.69. The number of aliphatic imine (C=N–C) groups is 1. The molecule has 0 saturated heterocycles. The van der Waals surface area contributed by atoms with Crippen LogP contribution in [0.5, 0.6) is 17.2 Å². The second kappa shape index (κ2) is 10.3. The second-order valence-electron chi connectivity index (χ2n) is 6.36. The molecular formula is C21H29N3O3. The van der Waals surface area contributed by atoms with Gasteiger partial charge in [0, 0.05) is 0 Å². The minimum atomic E-state index is 0.380. The molecule has 0 radical (unpaired) electrons. The van der Waals surface area contributed by atoms with Gasteiger partial charge in [-0.1, -0.05) is 38.1 Å². The number of hydrogen-bond donors (Lipinski definition) is 2. The Hall–Kier alpha value is -2.89. The van der Waals surface area contributed by atoms with Crippen molar-refractivity contribution in [2.24, 2.45) is 10.7 Å². The van der Waals surface area contributed by atoms with Crippen LogP contribution in [0, 0.1) is 0 Å². The Morgan fingerprint density at radius 1 is 1.04 bits per heavy atom. The molecule has 0 heterocycles. The van der Waals surface area contributed by atoms with Crippen molar-refractivity contribution in [1.82, 2.24) is 5.32 Å². The lowest BCUT2D eigenvalue weighted by molar-refractivity contribution is 0.318. The molecule has 0 unspecified atom stereocenters. The van der Waals surface area contributed by atoms with Gasteiger partial charge in [-0.25, -0.2) is 4.99 Å². The largest absolute Gasteiger partial charge is 0.493 e. The smallest absolute Gasteiger partial charge is 0.189 e. The molecule has 6 heteroatoms. The molecule has 0 spiro atoms. The quantitative estimate of drug-likeness (QED) is 0.402. The highest BCUT2D eigenvalue weighted by atomic mass is 16.5. The summed E-state index contributed by atoms with van der Waals surface area (Å²) in [7, 11) is 3.22. The van der Waals surface area contributed by atoms with Crippen molar-refractivity contribution in [2.45, 2.75) is 26.3 Å². The van der Waals surface area contributed by atoms with Gasteiger partial charge in [-0.3, -0.25) is 0 Å². The van der Waals surface area contributed by atoms with E-state index in [1.165, 1.54) is 5.56 Å². The third kappa shape index (κ3) is 6.09. The van der Waals surface area contributed by atoms with Gasteiger partial charge in [-0.2, -0.15) is 0 Å². The van der Waals surface area contributed by atoms with Crippen LogP contribution in [0.25, 0.3) is 0 Å². The van der Waals surface area contributed by atoms with Gasteiger partial charge in [-0.05, 0) is 35.2 Å². The number of ether oxygens (including phenoxy) is 3. The van der Waals surface area contributed by atoms with Gasteiger partial charge in [0.25, 0.3) is 0 Å². The summed E-state index contributed by atoms with van der Waals surface area (Å²) in [5.74, 6) is 3.08. The first-order chi connectivity index (χ1) is 13.0. The SMILES string of the molecule is COc1ccc(CN=C(N)NCCOc2ccccc2C(C)C)cc1OC. The highest BCUT2D eigenvalue weighted by Crippen LogP contribution is 2.28. The summed E-state index contributed by atoms with van der Waals surface area (Å²) in [6.07, 6.45) is 0. The van der Waals surface area contributed by atoms with Crippen LogP contribution in [-0.2, 0) is 6.54 Å². The van der Waals surface area contributed by atoms with Gasteiger partial charge in [0.1, 0.15) is 12.4 Å². The third-order valence-electron chi connectivity index (χ3n) is 4.09. The number of nitrogens with one attached hydrogen (secondary N) is 1. The van der Waals surface area contributed by atoms with E-state index in [2.05, 4.69) is 30.2 Å². The summed E-state index contributed by atoms with van der Waals surface area (Å²) in [5.41, 5.74) is 8.12. The first kappa shape index (κ1) is 20.4. The van der Waals surface area contributed by atoms with Crippen LogP contribution in [-0.4, -0.2) is 33.3 Å². The van der Waals surface area contributed by atoms with Crippen LogP contribution >= 0.6 is 0 Å². The lowest BCUT2D eigenvalue weighted by Crippen LogP contribution is -2.34. The van der Waals surface area contributed by atoms with Gasteiger partial charge >= 0.3 is 0 Å². The van der Waals surface area contributed by atoms with Gasteiger partial charge in [0.2, 0.25) is 0 Å². The van der Waals surface area contributed by atoms with E-state index in [4.69, 9.17) is 19.9 Å². The molecule has 0 aliphatic carbocycles. The standard InChI is InChI=1S/C21H29N3O3/c1-15(2)17-7-5-6-8-18(17)27-12-11-23-21(22)24-14-16-9-10-19(25-3)20(13-16)26-4/h5-10,13,15H,11-12,14H2,1-4H3,(H3,22,23,24). The molecule has 3 N–H and O–H groups in total. The number of para-hydroxylation sites is 1. The van der Waals surface area contributed by atoms with Crippen LogP contribution < -0.4 is 25.3 Å². The molecule has 0 atom stereocenters. The van der Waals surface area contributed by atoms with Crippen LogP contribution in [0.15, 0.2) is 47.5 Å². The molecule has 0 aliphatic heterocycles. The Bertz CT molecular complexity index is 760. The van der Waals surface area contributed by atoms with Crippen molar-refractivity contribution < 1.29 is 14.2 Å². The van der Waals surface area contributed by atoms with E-state index < -0.39 is 0 Å². The molecular weight excluding hydrogens is 342 g/mol. The molecule has 2 aromatic rings. The lowest BCUT2D eigenvalue weighted by Gasteiger charge is -2.14. The fraction of sp³-hybridized carbons (Fsp3) is 0.381. The normalized spacial score (nSPS) is 11.4. The number of nitrogens with zero attached hydrogens (tertiary/aromatic N) is 1. The fourth-order valence-electron chi connectivity index (χ4n) is 2.64. The average molecular weight is 371 g/mol. The van der Waals surface area contributed by atoms with E-state index in [9.17, 15) is 0 Å². The first-order valence-corrected chi connectivity index (χ1v) is 9.01. The number of guanidine groups is 1. The zero-order chi connectivity index (χ0) is 19.6. The molecule has 0 fully saturated rings. The topological polar surface area (TPSA) is 78.1 Å². The predicted octanol–water partition coefficient (Wildman–Crippen LogP) is 3.31. The van der Waals surface area contributed by atoms with Gasteiger partial charge in [0.15, 0.2) is 17.5 Å². The predicted molar refractivity (Wildman–Crippen MR) is 109 cm³/mol. The molecule has 0 aliphatic rings. The van der Waals surface area contributed by atoms with E-state index in [-0.39, 0.29) is 0 Å². The van der Waals surface area contributed by atoms with Crippen molar-refractivity contribution >= 4 is 5.96 Å². The van der Waals surface area contributed by atoms with E-state index in [0.717, 1.165) is 11.3 Å². The minimum Gasteiger partial charge on any atom is -0.493 e. The fourth-order valence-corrected chi connectivity index (χ4v) is 2.64. The summed E-state index contributed by atoms with van der Waals surface area (Å²) in [6, 6.07) is 13.8. The molecule has 2 rings (SSSR count). The van der Waals surface area contributed by atoms with Crippen LogP contribution in [0.1, 0.15) is 30.9 Å². The Labute approximate surface area is 161 Å². The monoisotopic (exact) mass is 371 g/mol. The van der Waals surface area contributed by atoms with Crippen molar-refractivity contribution in [2.75, 3.05) is 27.4 Å². The zero-order valence-electron chi connectivity index (χ0n) is 16.5. The van der Waals surface area contributed by atoms with Gasteiger partial charge < -0.3 is 25.3 Å². The molecule has 0 saturated carbocycles. The Morgan fingerprint density at radius 3 is 2.48 bits per heavy atom. The van der Waals surface area contributed by atoms with Crippen molar-refractivity contribution in [3.63, 3.8) is 0 Å². The molecule has 6 nitrogen and oxygen atoms in total. The second-order valence-corrected chi connectivity index (χ2v) is 6.36. The maximum Gasteiger partial charge on any atom is 0.189 e. The summed E-state index contributed by atoms with van der Waals surface area (Å²) < 4.78 is 16.4. The Kier molecular flexibility index (Phi) is 7.79. The summed E-state index contributed by atoms with van der Waals surface area (Å²) in [5, 5.41) is 3.07. The molecule has 0 aromatic heterocycles. The number of rotatable bonds is 9. The molecule has 0 bridgehead atoms. The van der Waals surface area contributed by atoms with Crippen LogP contribution in [0.3, 0.4) is 0 Å². The molecule has 0 amide bonds. The van der Waals surface area contributed by atoms with Crippen LogP contribution in [0.2, 0.25) is 0 Å². The zero-order valence-corrected chi connectivity index (χ0v) is 16.5. The van der Waals surface area contributed by atoms with E-state index in [0.29, 0.717) is 43.1 Å². The lowest BCUT2D eigenvalue weighted by atomic mass is 10.0. The molecule has 27 heavy (non-hydrogen) atoms. The van der Waals surface area contributed by atoms with E-state index >= 15 is 0 Å². The van der Waals surface area contributed by atoms with Crippen molar-refractivity contribution in [3.05, 3.63) is 53.6 Å². The van der Waals surface area contributed by atoms with E-state index in [1.807, 2.05) is 36.4 Å². The van der Waals surface area contributed by atoms with Crippen LogP contribution in [0.4, 0.5) is 0 Å². The first-order valence-electron chi connectivity index (χ1n) is 9.01. The number of methoxy groups -OCH3 is 2. The maximum atomic E-state index is 5.93. The third-order valence-corrected chi connectivity index (χ3v) is 4.09. The highest BCUT2D eigenvalue weighted by Gasteiger charge is 2.07. The number of benzene rings is 2. The van der Waals surface area contributed by atoms with Crippen molar-refractivity contribution in [1.29, 1.82) is 0 Å². The summed E-state index contributed by atoms with van der Waals surface area (Å²) in [4.78, 5) is 4.35. The maximum absolute atomic E-state index is 5.93. The van der Waals surface area contributed by atoms with Gasteiger partial charge in [0.05, 0.1) is 27.3 Å². The summed E-state index contributed by atoms with van der Waals surface area (Å²) >= 11 is 0. The summed E-state index contributed by atoms with van der Waals surface area (Å²) in [6.45, 7) is 5.85. The number of hydrogen-bond acceptors (Lipinski definition) is 4.